The Bertz CT molecular complexity index is 6110. The quantitative estimate of drug-likeness (QED) is 0.00894. The van der Waals surface area contributed by atoms with Crippen molar-refractivity contribution in [3.63, 3.8) is 0 Å². The van der Waals surface area contributed by atoms with Gasteiger partial charge >= 0.3 is 30.1 Å². The lowest BCUT2D eigenvalue weighted by atomic mass is 9.92. The minimum Gasteiger partial charge on any atom is -0.462 e. The van der Waals surface area contributed by atoms with Crippen molar-refractivity contribution < 1.29 is 81.3 Å². The maximum Gasteiger partial charge on any atom is 0.412 e. The molecule has 0 atom stereocenters. The van der Waals surface area contributed by atoms with Gasteiger partial charge in [-0.3, -0.25) is 29.5 Å². The number of esters is 3. The molecular formula is C101H124N6O18S4. The zero-order valence-electron chi connectivity index (χ0n) is 76.5. The molecule has 11 aromatic rings. The second-order valence-electron chi connectivity index (χ2n) is 35.6. The van der Waals surface area contributed by atoms with Crippen molar-refractivity contribution in [2.24, 2.45) is 0 Å². The maximum absolute atomic E-state index is 15.9. The van der Waals surface area contributed by atoms with Crippen molar-refractivity contribution in [2.75, 3.05) is 49.3 Å². The van der Waals surface area contributed by atoms with Gasteiger partial charge in [0.25, 0.3) is 40.1 Å². The fourth-order valence-electron chi connectivity index (χ4n) is 16.5. The molecule has 0 radical (unpaired) electrons. The minimum absolute atomic E-state index is 0.0103. The summed E-state index contributed by atoms with van der Waals surface area (Å²) in [6, 6.07) is 37.6. The molecule has 0 aliphatic heterocycles. The van der Waals surface area contributed by atoms with E-state index in [1.165, 1.54) is 91.7 Å². The van der Waals surface area contributed by atoms with E-state index < -0.39 is 81.4 Å². The fourth-order valence-corrected chi connectivity index (χ4v) is 21.7. The van der Waals surface area contributed by atoms with Crippen LogP contribution in [0.2, 0.25) is 0 Å². The van der Waals surface area contributed by atoms with Crippen LogP contribution in [0.4, 0.5) is 43.7 Å². The molecule has 0 fully saturated rings. The van der Waals surface area contributed by atoms with E-state index in [9.17, 15) is 24.0 Å². The van der Waals surface area contributed by atoms with Crippen LogP contribution in [0.3, 0.4) is 0 Å². The number of carbonyl (C=O) groups is 5. The summed E-state index contributed by atoms with van der Waals surface area (Å²) in [6.07, 6.45) is 22.0. The molecular weight excluding hydrogens is 1710 g/mol. The van der Waals surface area contributed by atoms with Crippen LogP contribution in [-0.2, 0) is 63.8 Å². The van der Waals surface area contributed by atoms with Gasteiger partial charge in [0.1, 0.15) is 11.2 Å². The first-order valence-electron chi connectivity index (χ1n) is 45.1. The largest absolute Gasteiger partial charge is 0.462 e. The minimum atomic E-state index is -4.93. The number of unbranched alkanes of at least 4 members (excludes halogenated alkanes) is 21. The number of hydrogen-bond acceptors (Lipinski definition) is 18. The molecule has 24 nitrogen and oxygen atoms in total. The molecule has 11 rings (SSSR count). The lowest BCUT2D eigenvalue weighted by Gasteiger charge is -2.20. The Morgan fingerprint density at radius 3 is 0.729 bits per heavy atom. The van der Waals surface area contributed by atoms with Crippen LogP contribution in [0.25, 0.3) is 64.6 Å². The predicted octanol–water partition coefficient (Wildman–Crippen LogP) is 25.6. The molecule has 0 aromatic heterocycles. The zero-order chi connectivity index (χ0) is 93.2. The van der Waals surface area contributed by atoms with E-state index in [4.69, 9.17) is 23.7 Å². The smallest absolute Gasteiger partial charge is 0.412 e. The first kappa shape index (κ1) is 98.5. The van der Waals surface area contributed by atoms with Crippen LogP contribution in [0.15, 0.2) is 171 Å². The summed E-state index contributed by atoms with van der Waals surface area (Å²) in [5.74, 6) is -2.43. The highest BCUT2D eigenvalue weighted by Gasteiger charge is 2.32. The Balaban J connectivity index is 0.978. The highest BCUT2D eigenvalue weighted by Crippen LogP contribution is 2.46. The molecule has 129 heavy (non-hydrogen) atoms. The van der Waals surface area contributed by atoms with E-state index in [2.05, 4.69) is 50.3 Å². The van der Waals surface area contributed by atoms with Crippen LogP contribution >= 0.6 is 0 Å². The fraction of sp³-hybridized carbons (Fsp3) is 0.416. The van der Waals surface area contributed by atoms with Crippen molar-refractivity contribution in [3.05, 3.63) is 191 Å². The second kappa shape index (κ2) is 43.6. The Kier molecular flexibility index (Phi) is 33.3. The number of ether oxygens (including phenoxy) is 5. The van der Waals surface area contributed by atoms with Gasteiger partial charge in [0, 0.05) is 32.9 Å². The molecule has 2 amide bonds. The molecule has 0 saturated carbocycles. The molecule has 28 heteroatoms. The molecule has 0 bridgehead atoms. The van der Waals surface area contributed by atoms with Crippen LogP contribution in [0.1, 0.15) is 270 Å². The van der Waals surface area contributed by atoms with Gasteiger partial charge < -0.3 is 23.7 Å². The van der Waals surface area contributed by atoms with Gasteiger partial charge in [-0.05, 0) is 233 Å². The van der Waals surface area contributed by atoms with Crippen molar-refractivity contribution in [1.29, 1.82) is 0 Å². The Morgan fingerprint density at radius 2 is 0.496 bits per heavy atom. The molecule has 690 valence electrons. The van der Waals surface area contributed by atoms with Gasteiger partial charge in [0.15, 0.2) is 0 Å². The van der Waals surface area contributed by atoms with Crippen LogP contribution in [0.5, 0.6) is 0 Å². The SMILES string of the molecule is CCCCCCCCCCOC(=O)c1cc(NC(=O)OC(C)(C)C)cc(NS(=O)(=O)c2cc3cc(S(=O)(=O)Nc4cc(NS(=O)(=O)c5cc6cc(S(=O)(=O)Nc7cc(NC(=O)OC(C)(C)C)cc(C(=O)OCCCCCCCCCC)c7)c7cccc(C)c7c6c6c(C)cccc56)cc(C(=O)OCCCCCCCCCC)c4)c4cccc(C)c4c3c3c(C)cccc23)c1. The maximum atomic E-state index is 15.9. The topological polar surface area (TPSA) is 340 Å². The number of amides is 2. The predicted molar refractivity (Wildman–Crippen MR) is 518 cm³/mol. The molecule has 0 spiro atoms. The second-order valence-corrected chi connectivity index (χ2v) is 42.2. The number of aryl methyl sites for hydroxylation is 4. The first-order chi connectivity index (χ1) is 61.3. The number of sulfonamides is 4. The monoisotopic (exact) mass is 1840 g/mol. The molecule has 6 N–H and O–H groups in total. The van der Waals surface area contributed by atoms with Crippen molar-refractivity contribution in [2.45, 2.75) is 275 Å². The lowest BCUT2D eigenvalue weighted by molar-refractivity contribution is 0.0488. The summed E-state index contributed by atoms with van der Waals surface area (Å²) in [6.45, 7) is 23.9. The van der Waals surface area contributed by atoms with Gasteiger partial charge in [-0.25, -0.2) is 57.6 Å². The van der Waals surface area contributed by atoms with Crippen molar-refractivity contribution in [3.8, 4) is 0 Å². The van der Waals surface area contributed by atoms with Crippen LogP contribution < -0.4 is 29.5 Å². The molecule has 0 unspecified atom stereocenters. The summed E-state index contributed by atoms with van der Waals surface area (Å²) in [5, 5.41) is 9.42. The standard InChI is InChI=1S/C101H124N6O18S4/c1-14-17-20-23-26-29-32-35-50-121-95(108)72-53-75(102-98(111)124-100(8,9)10)63-77(55-72)104-126(113,114)85-59-70-61-87(83-48-40-44-68(6)91(83)93(70)89-66(4)42-38-46-81(85)89)128(117,118)106-79-57-74(97(110)123-52-37-34-31-28-25-22-19-16-3)58-80(65-79)107-129(119,120)88-62-71-60-86(82-47-39-43-67(5)90(82)94(71)92-69(7)45-41-49-84(88)92)127(115,116)105-78-56-73(54-76(64-78)103-99(112)125-101(11,12)13)96(109)122-51-36-33-30-27-24-21-18-15-2/h38-49,53-65,104-107H,14-37,50-52H2,1-13H3,(H,102,111)(H,103,112). The molecule has 0 aliphatic rings. The number of rotatable bonds is 44. The normalized spacial score (nSPS) is 12.2. The first-order valence-corrected chi connectivity index (χ1v) is 51.1. The Labute approximate surface area is 760 Å². The third-order valence-electron chi connectivity index (χ3n) is 22.5. The summed E-state index contributed by atoms with van der Waals surface area (Å²) in [5.41, 5.74) is -0.594. The van der Waals surface area contributed by atoms with E-state index in [1.807, 2.05) is 26.0 Å². The Hall–Kier alpha value is -11.1. The number of anilines is 6. The molecule has 0 saturated heterocycles. The van der Waals surface area contributed by atoms with Gasteiger partial charge in [-0.2, -0.15) is 0 Å². The van der Waals surface area contributed by atoms with E-state index in [0.29, 0.717) is 73.8 Å². The van der Waals surface area contributed by atoms with E-state index in [1.54, 1.807) is 116 Å². The third kappa shape index (κ3) is 26.0. The van der Waals surface area contributed by atoms with Gasteiger partial charge in [0.2, 0.25) is 0 Å². The number of hydrogen-bond donors (Lipinski definition) is 6. The number of carbonyl (C=O) groups excluding carboxylic acids is 5. The summed E-state index contributed by atoms with van der Waals surface area (Å²) >= 11 is 0. The third-order valence-corrected chi connectivity index (χ3v) is 28.2. The van der Waals surface area contributed by atoms with Crippen molar-refractivity contribution in [1.82, 2.24) is 0 Å². The molecule has 11 aromatic carbocycles. The van der Waals surface area contributed by atoms with E-state index in [-0.39, 0.29) is 123 Å². The highest BCUT2D eigenvalue weighted by molar-refractivity contribution is 7.94. The van der Waals surface area contributed by atoms with Crippen LogP contribution in [0, 0.1) is 27.7 Å². The Morgan fingerprint density at radius 1 is 0.279 bits per heavy atom. The average molecular weight is 1840 g/mol. The number of fused-ring (bicyclic) bond motifs is 10. The molecule has 0 heterocycles. The van der Waals surface area contributed by atoms with E-state index >= 15 is 33.7 Å². The summed E-state index contributed by atoms with van der Waals surface area (Å²) in [7, 11) is -19.4. The summed E-state index contributed by atoms with van der Waals surface area (Å²) < 4.78 is 165. The summed E-state index contributed by atoms with van der Waals surface area (Å²) in [4.78, 5) is 67.8. The van der Waals surface area contributed by atoms with Gasteiger partial charge in [0.05, 0.1) is 78.8 Å². The highest BCUT2D eigenvalue weighted by atomic mass is 32.2. The zero-order valence-corrected chi connectivity index (χ0v) is 79.8. The van der Waals surface area contributed by atoms with Crippen LogP contribution in [-0.4, -0.2) is 94.8 Å². The van der Waals surface area contributed by atoms with Gasteiger partial charge in [-0.15, -0.1) is 0 Å². The molecule has 0 aliphatic carbocycles. The number of nitrogens with one attached hydrogen (secondary N) is 6. The van der Waals surface area contributed by atoms with E-state index in [0.717, 1.165) is 122 Å². The van der Waals surface area contributed by atoms with Crippen molar-refractivity contribution >= 4 is 169 Å². The van der Waals surface area contributed by atoms with Gasteiger partial charge in [-0.1, -0.05) is 228 Å². The lowest BCUT2D eigenvalue weighted by Crippen LogP contribution is -2.27. The average Bonchev–Trinajstić information content (AvgIpc) is 0.718. The number of benzene rings is 11.